The quantitative estimate of drug-likeness (QED) is 0.825. The summed E-state index contributed by atoms with van der Waals surface area (Å²) in [5, 5.41) is 6.38. The maximum Gasteiger partial charge on any atom is 0.238 e. The van der Waals surface area contributed by atoms with Gasteiger partial charge in [-0.25, -0.2) is 0 Å². The van der Waals surface area contributed by atoms with Crippen LogP contribution in [0.4, 0.5) is 5.69 Å². The standard InChI is InChI=1S/C17H26N2O/c1-13-6-5-8-15(11-10-13)18-12-17(20)19-16-9-4-3-7-14(16)2/h3-4,7,9,13,15,18H,5-6,8,10-12H2,1-2H3,(H,19,20). The van der Waals surface area contributed by atoms with E-state index in [1.807, 2.05) is 31.2 Å². The first kappa shape index (κ1) is 15.0. The summed E-state index contributed by atoms with van der Waals surface area (Å²) in [5.74, 6) is 0.888. The first-order valence-electron chi connectivity index (χ1n) is 7.74. The van der Waals surface area contributed by atoms with Crippen LogP contribution in [0, 0.1) is 12.8 Å². The molecule has 0 saturated heterocycles. The molecule has 2 atom stereocenters. The minimum absolute atomic E-state index is 0.0524. The first-order chi connectivity index (χ1) is 9.65. The largest absolute Gasteiger partial charge is 0.325 e. The summed E-state index contributed by atoms with van der Waals surface area (Å²) in [6.07, 6.45) is 6.27. The number of carbonyl (C=O) groups is 1. The van der Waals surface area contributed by atoms with Gasteiger partial charge >= 0.3 is 0 Å². The SMILES string of the molecule is Cc1ccccc1NC(=O)CNC1CCCC(C)CC1. The van der Waals surface area contributed by atoms with Crippen LogP contribution >= 0.6 is 0 Å². The Hall–Kier alpha value is -1.35. The molecule has 2 unspecified atom stereocenters. The van der Waals surface area contributed by atoms with Gasteiger partial charge in [0, 0.05) is 11.7 Å². The van der Waals surface area contributed by atoms with Crippen molar-refractivity contribution in [1.29, 1.82) is 0 Å². The number of para-hydroxylation sites is 1. The Balaban J connectivity index is 1.76. The molecule has 1 aromatic rings. The Morgan fingerprint density at radius 3 is 2.80 bits per heavy atom. The molecule has 2 rings (SSSR count). The van der Waals surface area contributed by atoms with Crippen LogP contribution in [0.15, 0.2) is 24.3 Å². The zero-order valence-corrected chi connectivity index (χ0v) is 12.6. The highest BCUT2D eigenvalue weighted by Gasteiger charge is 2.16. The van der Waals surface area contributed by atoms with Gasteiger partial charge in [0.2, 0.25) is 5.91 Å². The predicted octanol–water partition coefficient (Wildman–Crippen LogP) is 3.49. The fourth-order valence-electron chi connectivity index (χ4n) is 2.84. The van der Waals surface area contributed by atoms with Crippen molar-refractivity contribution in [3.8, 4) is 0 Å². The van der Waals surface area contributed by atoms with Crippen LogP contribution in [0.5, 0.6) is 0 Å². The zero-order valence-electron chi connectivity index (χ0n) is 12.6. The zero-order chi connectivity index (χ0) is 14.4. The van der Waals surface area contributed by atoms with Gasteiger partial charge in [-0.1, -0.05) is 38.0 Å². The van der Waals surface area contributed by atoms with E-state index in [2.05, 4.69) is 17.6 Å². The van der Waals surface area contributed by atoms with Crippen LogP contribution in [0.2, 0.25) is 0 Å². The smallest absolute Gasteiger partial charge is 0.238 e. The molecular weight excluding hydrogens is 248 g/mol. The van der Waals surface area contributed by atoms with Crippen LogP contribution in [0.1, 0.15) is 44.6 Å². The maximum atomic E-state index is 12.0. The van der Waals surface area contributed by atoms with E-state index in [0.717, 1.165) is 17.2 Å². The van der Waals surface area contributed by atoms with Crippen molar-refractivity contribution in [3.05, 3.63) is 29.8 Å². The molecule has 1 aliphatic carbocycles. The summed E-state index contributed by atoms with van der Waals surface area (Å²) in [7, 11) is 0. The molecular formula is C17H26N2O. The minimum Gasteiger partial charge on any atom is -0.325 e. The molecule has 1 amide bonds. The van der Waals surface area contributed by atoms with Crippen LogP contribution in [-0.2, 0) is 4.79 Å². The lowest BCUT2D eigenvalue weighted by atomic mass is 10.0. The van der Waals surface area contributed by atoms with Gasteiger partial charge in [0.25, 0.3) is 0 Å². The van der Waals surface area contributed by atoms with E-state index in [4.69, 9.17) is 0 Å². The van der Waals surface area contributed by atoms with Crippen molar-refractivity contribution < 1.29 is 4.79 Å². The fourth-order valence-corrected chi connectivity index (χ4v) is 2.84. The second kappa shape index (κ2) is 7.44. The molecule has 2 N–H and O–H groups in total. The topological polar surface area (TPSA) is 41.1 Å². The van der Waals surface area contributed by atoms with Gasteiger partial charge in [0.15, 0.2) is 0 Å². The van der Waals surface area contributed by atoms with Gasteiger partial charge in [0.1, 0.15) is 0 Å². The molecule has 0 aliphatic heterocycles. The molecule has 1 aromatic carbocycles. The number of benzene rings is 1. The lowest BCUT2D eigenvalue weighted by molar-refractivity contribution is -0.115. The monoisotopic (exact) mass is 274 g/mol. The molecule has 110 valence electrons. The van der Waals surface area contributed by atoms with Crippen LogP contribution in [0.25, 0.3) is 0 Å². The number of hydrogen-bond donors (Lipinski definition) is 2. The van der Waals surface area contributed by atoms with Crippen LogP contribution in [0.3, 0.4) is 0 Å². The Morgan fingerprint density at radius 2 is 2.00 bits per heavy atom. The van der Waals surface area contributed by atoms with Crippen molar-refractivity contribution >= 4 is 11.6 Å². The molecule has 1 aliphatic rings. The van der Waals surface area contributed by atoms with E-state index in [1.165, 1.54) is 32.1 Å². The average molecular weight is 274 g/mol. The summed E-state index contributed by atoms with van der Waals surface area (Å²) < 4.78 is 0. The van der Waals surface area contributed by atoms with Crippen LogP contribution < -0.4 is 10.6 Å². The third kappa shape index (κ3) is 4.64. The summed E-state index contributed by atoms with van der Waals surface area (Å²) in [4.78, 5) is 12.0. The van der Waals surface area contributed by atoms with Gasteiger partial charge in [-0.05, 0) is 43.7 Å². The normalized spacial score (nSPS) is 23.1. The Morgan fingerprint density at radius 1 is 1.20 bits per heavy atom. The summed E-state index contributed by atoms with van der Waals surface area (Å²) in [6, 6.07) is 8.39. The van der Waals surface area contributed by atoms with Crippen molar-refractivity contribution in [2.24, 2.45) is 5.92 Å². The Labute approximate surface area is 122 Å². The third-order valence-corrected chi connectivity index (χ3v) is 4.23. The molecule has 0 bridgehead atoms. The highest BCUT2D eigenvalue weighted by Crippen LogP contribution is 2.22. The summed E-state index contributed by atoms with van der Waals surface area (Å²) >= 11 is 0. The molecule has 3 nitrogen and oxygen atoms in total. The molecule has 20 heavy (non-hydrogen) atoms. The number of carbonyl (C=O) groups excluding carboxylic acids is 1. The lowest BCUT2D eigenvalue weighted by Gasteiger charge is -2.16. The fraction of sp³-hybridized carbons (Fsp3) is 0.588. The third-order valence-electron chi connectivity index (χ3n) is 4.23. The van der Waals surface area contributed by atoms with Gasteiger partial charge in [-0.3, -0.25) is 4.79 Å². The highest BCUT2D eigenvalue weighted by atomic mass is 16.1. The first-order valence-corrected chi connectivity index (χ1v) is 7.74. The van der Waals surface area contributed by atoms with Crippen molar-refractivity contribution in [2.45, 2.75) is 52.0 Å². The van der Waals surface area contributed by atoms with Crippen LogP contribution in [-0.4, -0.2) is 18.5 Å². The predicted molar refractivity (Wildman–Crippen MR) is 83.8 cm³/mol. The lowest BCUT2D eigenvalue weighted by Crippen LogP contribution is -2.36. The van der Waals surface area contributed by atoms with Gasteiger partial charge < -0.3 is 10.6 Å². The van der Waals surface area contributed by atoms with E-state index in [0.29, 0.717) is 12.6 Å². The summed E-state index contributed by atoms with van der Waals surface area (Å²) in [6.45, 7) is 4.75. The number of nitrogens with one attached hydrogen (secondary N) is 2. The van der Waals surface area contributed by atoms with Gasteiger partial charge in [-0.2, -0.15) is 0 Å². The van der Waals surface area contributed by atoms with E-state index in [9.17, 15) is 4.79 Å². The van der Waals surface area contributed by atoms with E-state index < -0.39 is 0 Å². The molecule has 0 spiro atoms. The molecule has 3 heteroatoms. The van der Waals surface area contributed by atoms with Crippen molar-refractivity contribution in [3.63, 3.8) is 0 Å². The number of aryl methyl sites for hydroxylation is 1. The highest BCUT2D eigenvalue weighted by molar-refractivity contribution is 5.92. The second-order valence-corrected chi connectivity index (χ2v) is 6.05. The second-order valence-electron chi connectivity index (χ2n) is 6.05. The molecule has 0 aromatic heterocycles. The minimum atomic E-state index is 0.0524. The Kier molecular flexibility index (Phi) is 5.60. The number of rotatable bonds is 4. The van der Waals surface area contributed by atoms with Crippen molar-refractivity contribution in [2.75, 3.05) is 11.9 Å². The molecule has 1 saturated carbocycles. The van der Waals surface area contributed by atoms with E-state index in [-0.39, 0.29) is 5.91 Å². The van der Waals surface area contributed by atoms with Gasteiger partial charge in [0.05, 0.1) is 6.54 Å². The van der Waals surface area contributed by atoms with Gasteiger partial charge in [-0.15, -0.1) is 0 Å². The number of anilines is 1. The Bertz CT molecular complexity index is 444. The summed E-state index contributed by atoms with van der Waals surface area (Å²) in [5.41, 5.74) is 2.01. The van der Waals surface area contributed by atoms with Crippen molar-refractivity contribution in [1.82, 2.24) is 5.32 Å². The number of amides is 1. The molecule has 1 fully saturated rings. The maximum absolute atomic E-state index is 12.0. The molecule has 0 heterocycles. The molecule has 0 radical (unpaired) electrons. The average Bonchev–Trinajstić information content (AvgIpc) is 2.64. The van der Waals surface area contributed by atoms with E-state index in [1.54, 1.807) is 0 Å². The number of hydrogen-bond acceptors (Lipinski definition) is 2. The van der Waals surface area contributed by atoms with E-state index >= 15 is 0 Å².